The number of aryl methyl sites for hydroxylation is 1. The van der Waals surface area contributed by atoms with Gasteiger partial charge in [0.05, 0.1) is 19.1 Å². The lowest BCUT2D eigenvalue weighted by Crippen LogP contribution is -2.43. The van der Waals surface area contributed by atoms with E-state index in [1.807, 2.05) is 18.5 Å². The van der Waals surface area contributed by atoms with Crippen molar-refractivity contribution in [2.24, 2.45) is 5.92 Å². The Labute approximate surface area is 162 Å². The average Bonchev–Trinajstić information content (AvgIpc) is 2.90. The topological polar surface area (TPSA) is 44.4 Å². The summed E-state index contributed by atoms with van der Waals surface area (Å²) < 4.78 is 5.23. The molecule has 1 aromatic heterocycles. The Morgan fingerprint density at radius 1 is 1.19 bits per heavy atom. The third-order valence-corrected chi connectivity index (χ3v) is 5.98. The molecule has 144 valence electrons. The molecule has 5 heteroatoms. The summed E-state index contributed by atoms with van der Waals surface area (Å²) in [5.74, 6) is 1.68. The van der Waals surface area contributed by atoms with E-state index < -0.39 is 0 Å². The van der Waals surface area contributed by atoms with Crippen LogP contribution in [0, 0.1) is 12.8 Å². The summed E-state index contributed by atoms with van der Waals surface area (Å²) >= 11 is 0. The molecule has 3 saturated heterocycles. The number of fused-ring (bicyclic) bond motifs is 4. The van der Waals surface area contributed by atoms with Gasteiger partial charge in [0.25, 0.3) is 0 Å². The number of aromatic amines is 1. The summed E-state index contributed by atoms with van der Waals surface area (Å²) in [4.78, 5) is 13.0. The second kappa shape index (κ2) is 8.28. The quantitative estimate of drug-likeness (QED) is 0.852. The molecule has 27 heavy (non-hydrogen) atoms. The van der Waals surface area contributed by atoms with Crippen molar-refractivity contribution >= 4 is 6.08 Å². The third kappa shape index (κ3) is 4.42. The van der Waals surface area contributed by atoms with Gasteiger partial charge in [-0.15, -0.1) is 0 Å². The van der Waals surface area contributed by atoms with Crippen molar-refractivity contribution in [3.8, 4) is 5.75 Å². The van der Waals surface area contributed by atoms with Crippen LogP contribution in [0.2, 0.25) is 0 Å². The zero-order chi connectivity index (χ0) is 18.6. The number of hydrogen-bond acceptors (Lipinski definition) is 4. The molecule has 0 saturated carbocycles. The Morgan fingerprint density at radius 2 is 2.04 bits per heavy atom. The molecule has 3 fully saturated rings. The van der Waals surface area contributed by atoms with E-state index in [0.717, 1.165) is 31.3 Å². The van der Waals surface area contributed by atoms with Crippen molar-refractivity contribution in [3.63, 3.8) is 0 Å². The van der Waals surface area contributed by atoms with Crippen LogP contribution in [0.5, 0.6) is 5.75 Å². The van der Waals surface area contributed by atoms with Crippen molar-refractivity contribution in [3.05, 3.63) is 53.6 Å². The largest absolute Gasteiger partial charge is 0.497 e. The van der Waals surface area contributed by atoms with Crippen LogP contribution in [0.25, 0.3) is 6.08 Å². The monoisotopic (exact) mass is 366 g/mol. The lowest BCUT2D eigenvalue weighted by molar-refractivity contribution is 0.146. The highest BCUT2D eigenvalue weighted by molar-refractivity contribution is 5.50. The molecular weight excluding hydrogens is 336 g/mol. The second-order valence-corrected chi connectivity index (χ2v) is 7.89. The number of aromatic nitrogens is 2. The van der Waals surface area contributed by atoms with Crippen molar-refractivity contribution in [2.45, 2.75) is 32.4 Å². The van der Waals surface area contributed by atoms with Crippen LogP contribution in [0.3, 0.4) is 0 Å². The van der Waals surface area contributed by atoms with Gasteiger partial charge in [-0.2, -0.15) is 0 Å². The Morgan fingerprint density at radius 3 is 2.78 bits per heavy atom. The van der Waals surface area contributed by atoms with Crippen LogP contribution >= 0.6 is 0 Å². The van der Waals surface area contributed by atoms with E-state index in [9.17, 15) is 0 Å². The number of hydrogen-bond donors (Lipinski definition) is 1. The highest BCUT2D eigenvalue weighted by atomic mass is 16.5. The fourth-order valence-electron chi connectivity index (χ4n) is 4.43. The Balaban J connectivity index is 1.35. The number of piperidine rings is 1. The van der Waals surface area contributed by atoms with Crippen LogP contribution in [0.4, 0.5) is 0 Å². The van der Waals surface area contributed by atoms with Gasteiger partial charge in [0, 0.05) is 44.5 Å². The SMILES string of the molecule is COc1ccc(/C=C/CN2C[C@H]3CC[C@@H]2CN(Cc2nc[nH]c2C)C3)cc1. The number of H-pyrrole nitrogens is 1. The maximum absolute atomic E-state index is 5.23. The standard InChI is InChI=1S/C22H30N4O/c1-17-22(24-16-23-17)15-25-12-19-5-8-20(14-25)26(13-19)11-3-4-18-6-9-21(27-2)10-7-18/h3-4,6-7,9-10,16,19-20H,5,8,11-15H2,1-2H3,(H,23,24)/b4-3+/t19-,20+/m0/s1. The first-order chi connectivity index (χ1) is 13.2. The predicted octanol–water partition coefficient (Wildman–Crippen LogP) is 3.34. The molecule has 1 aromatic carbocycles. The first-order valence-corrected chi connectivity index (χ1v) is 9.97. The van der Waals surface area contributed by atoms with E-state index in [-0.39, 0.29) is 0 Å². The molecule has 0 radical (unpaired) electrons. The summed E-state index contributed by atoms with van der Waals surface area (Å²) in [7, 11) is 1.70. The van der Waals surface area contributed by atoms with Gasteiger partial charge in [-0.3, -0.25) is 9.80 Å². The molecule has 0 aliphatic carbocycles. The summed E-state index contributed by atoms with van der Waals surface area (Å²) in [6.07, 6.45) is 9.03. The Hall–Kier alpha value is -2.11. The maximum atomic E-state index is 5.23. The summed E-state index contributed by atoms with van der Waals surface area (Å²) in [6.45, 7) is 7.68. The molecule has 1 N–H and O–H groups in total. The van der Waals surface area contributed by atoms with Gasteiger partial charge in [-0.25, -0.2) is 4.98 Å². The molecule has 5 nitrogen and oxygen atoms in total. The lowest BCUT2D eigenvalue weighted by Gasteiger charge is -2.35. The first kappa shape index (κ1) is 18.3. The minimum atomic E-state index is 0.656. The van der Waals surface area contributed by atoms with Crippen LogP contribution < -0.4 is 4.74 Å². The van der Waals surface area contributed by atoms with Crippen LogP contribution in [-0.4, -0.2) is 59.1 Å². The number of nitrogens with zero attached hydrogens (tertiary/aromatic N) is 3. The van der Waals surface area contributed by atoms with Gasteiger partial charge in [-0.1, -0.05) is 24.3 Å². The maximum Gasteiger partial charge on any atom is 0.118 e. The van der Waals surface area contributed by atoms with E-state index in [2.05, 4.69) is 51.0 Å². The van der Waals surface area contributed by atoms with Gasteiger partial charge >= 0.3 is 0 Å². The zero-order valence-corrected chi connectivity index (χ0v) is 16.4. The molecule has 3 aliphatic heterocycles. The van der Waals surface area contributed by atoms with E-state index in [4.69, 9.17) is 4.74 Å². The number of nitrogens with one attached hydrogen (secondary N) is 1. The fourth-order valence-corrected chi connectivity index (χ4v) is 4.43. The molecule has 4 heterocycles. The smallest absolute Gasteiger partial charge is 0.118 e. The normalized spacial score (nSPS) is 23.8. The Kier molecular flexibility index (Phi) is 5.60. The second-order valence-electron chi connectivity index (χ2n) is 7.89. The average molecular weight is 367 g/mol. The summed E-state index contributed by atoms with van der Waals surface area (Å²) in [6, 6.07) is 8.91. The minimum absolute atomic E-state index is 0.656. The molecule has 5 rings (SSSR count). The molecule has 2 bridgehead atoms. The molecule has 0 unspecified atom stereocenters. The zero-order valence-electron chi connectivity index (χ0n) is 16.4. The third-order valence-electron chi connectivity index (χ3n) is 5.98. The molecule has 0 amide bonds. The van der Waals surface area contributed by atoms with E-state index in [1.54, 1.807) is 7.11 Å². The highest BCUT2D eigenvalue weighted by Crippen LogP contribution is 2.28. The Bertz CT molecular complexity index is 767. The molecule has 2 aromatic rings. The van der Waals surface area contributed by atoms with E-state index in [0.29, 0.717) is 6.04 Å². The van der Waals surface area contributed by atoms with Crippen molar-refractivity contribution < 1.29 is 4.74 Å². The number of imidazole rings is 1. The highest BCUT2D eigenvalue weighted by Gasteiger charge is 2.34. The van der Waals surface area contributed by atoms with Gasteiger partial charge < -0.3 is 9.72 Å². The number of rotatable bonds is 6. The fraction of sp³-hybridized carbons (Fsp3) is 0.500. The molecule has 0 spiro atoms. The lowest BCUT2D eigenvalue weighted by atomic mass is 9.95. The van der Waals surface area contributed by atoms with Crippen LogP contribution in [0.15, 0.2) is 36.7 Å². The number of benzene rings is 1. The van der Waals surface area contributed by atoms with E-state index >= 15 is 0 Å². The van der Waals surface area contributed by atoms with Crippen molar-refractivity contribution in [1.82, 2.24) is 19.8 Å². The van der Waals surface area contributed by atoms with Crippen molar-refractivity contribution in [1.29, 1.82) is 0 Å². The molecule has 2 atom stereocenters. The first-order valence-electron chi connectivity index (χ1n) is 9.97. The van der Waals surface area contributed by atoms with Gasteiger partial charge in [0.1, 0.15) is 5.75 Å². The van der Waals surface area contributed by atoms with Gasteiger partial charge in [-0.05, 0) is 43.4 Å². The molecule has 3 aliphatic rings. The van der Waals surface area contributed by atoms with Gasteiger partial charge in [0.15, 0.2) is 0 Å². The molecular formula is C22H30N4O. The number of ether oxygens (including phenoxy) is 1. The number of methoxy groups -OCH3 is 1. The van der Waals surface area contributed by atoms with Crippen molar-refractivity contribution in [2.75, 3.05) is 33.3 Å². The van der Waals surface area contributed by atoms with E-state index in [1.165, 1.54) is 42.9 Å². The minimum Gasteiger partial charge on any atom is -0.497 e. The van der Waals surface area contributed by atoms with Crippen LogP contribution in [0.1, 0.15) is 29.8 Å². The van der Waals surface area contributed by atoms with Gasteiger partial charge in [0.2, 0.25) is 0 Å². The van der Waals surface area contributed by atoms with Crippen LogP contribution in [-0.2, 0) is 6.54 Å². The summed E-state index contributed by atoms with van der Waals surface area (Å²) in [5.41, 5.74) is 3.62. The summed E-state index contributed by atoms with van der Waals surface area (Å²) in [5, 5.41) is 0. The predicted molar refractivity (Wildman–Crippen MR) is 109 cm³/mol.